The van der Waals surface area contributed by atoms with Crippen LogP contribution in [0.5, 0.6) is 0 Å². The summed E-state index contributed by atoms with van der Waals surface area (Å²) in [7, 11) is 1.38. The lowest BCUT2D eigenvalue weighted by molar-refractivity contribution is 0.0600. The lowest BCUT2D eigenvalue weighted by Gasteiger charge is -2.28. The quantitative estimate of drug-likeness (QED) is 0.840. The van der Waals surface area contributed by atoms with E-state index in [1.165, 1.54) is 39.2 Å². The summed E-state index contributed by atoms with van der Waals surface area (Å²) in [5.41, 5.74) is 1.47. The molecule has 20 heavy (non-hydrogen) atoms. The van der Waals surface area contributed by atoms with Gasteiger partial charge in [-0.25, -0.2) is 4.79 Å². The van der Waals surface area contributed by atoms with Crippen LogP contribution in [0.3, 0.4) is 0 Å². The van der Waals surface area contributed by atoms with Crippen molar-refractivity contribution in [1.29, 1.82) is 0 Å². The van der Waals surface area contributed by atoms with Gasteiger partial charge in [0.15, 0.2) is 0 Å². The highest BCUT2D eigenvalue weighted by atomic mass is 16.5. The minimum atomic E-state index is -0.338. The van der Waals surface area contributed by atoms with Crippen LogP contribution < -0.4 is 5.32 Å². The van der Waals surface area contributed by atoms with Crippen molar-refractivity contribution in [2.45, 2.75) is 51.6 Å². The highest BCUT2D eigenvalue weighted by Gasteiger charge is 2.19. The van der Waals surface area contributed by atoms with Gasteiger partial charge in [-0.05, 0) is 43.7 Å². The average Bonchev–Trinajstić information content (AvgIpc) is 2.53. The Morgan fingerprint density at radius 2 is 2.10 bits per heavy atom. The Bertz CT molecular complexity index is 423. The van der Waals surface area contributed by atoms with Crippen molar-refractivity contribution < 1.29 is 9.53 Å². The van der Waals surface area contributed by atoms with E-state index >= 15 is 0 Å². The Labute approximate surface area is 120 Å². The molecule has 4 nitrogen and oxygen atoms in total. The number of nitrogens with zero attached hydrogens (tertiary/aromatic N) is 1. The number of nitrogens with one attached hydrogen (secondary N) is 1. The van der Waals surface area contributed by atoms with Crippen LogP contribution in [0.4, 0.5) is 0 Å². The number of hydrogen-bond acceptors (Lipinski definition) is 4. The molecular weight excluding hydrogens is 252 g/mol. The van der Waals surface area contributed by atoms with Crippen LogP contribution in [0.2, 0.25) is 0 Å². The normalized spacial score (nSPS) is 22.5. The van der Waals surface area contributed by atoms with Gasteiger partial charge >= 0.3 is 5.97 Å². The number of esters is 1. The van der Waals surface area contributed by atoms with E-state index in [9.17, 15) is 4.79 Å². The molecule has 0 amide bonds. The van der Waals surface area contributed by atoms with E-state index in [1.54, 1.807) is 12.3 Å². The third-order valence-corrected chi connectivity index (χ3v) is 4.24. The molecule has 2 rings (SSSR count). The first kappa shape index (κ1) is 15.0. The zero-order valence-electron chi connectivity index (χ0n) is 12.4. The number of rotatable bonds is 5. The van der Waals surface area contributed by atoms with Gasteiger partial charge in [0.2, 0.25) is 0 Å². The Balaban J connectivity index is 1.78. The standard InChI is InChI=1S/C16H24N2O2/c1-3-12-4-7-14(8-5-12)18-11-15-9-6-13(10-17-15)16(19)20-2/h6,9-10,12,14,18H,3-5,7-8,11H2,1-2H3. The van der Waals surface area contributed by atoms with Crippen LogP contribution in [0.25, 0.3) is 0 Å². The minimum Gasteiger partial charge on any atom is -0.465 e. The van der Waals surface area contributed by atoms with E-state index in [4.69, 9.17) is 0 Å². The second kappa shape index (κ2) is 7.39. The van der Waals surface area contributed by atoms with Crippen LogP contribution in [0.1, 0.15) is 55.1 Å². The number of pyridine rings is 1. The Hall–Kier alpha value is -1.42. The molecule has 1 aliphatic rings. The van der Waals surface area contributed by atoms with Crippen molar-refractivity contribution in [3.8, 4) is 0 Å². The summed E-state index contributed by atoms with van der Waals surface area (Å²) in [6.07, 6.45) is 8.09. The summed E-state index contributed by atoms with van der Waals surface area (Å²) < 4.78 is 4.66. The zero-order chi connectivity index (χ0) is 14.4. The van der Waals surface area contributed by atoms with Crippen LogP contribution in [0, 0.1) is 5.92 Å². The molecule has 1 N–H and O–H groups in total. The van der Waals surface area contributed by atoms with Gasteiger partial charge in [-0.2, -0.15) is 0 Å². The maximum absolute atomic E-state index is 11.3. The van der Waals surface area contributed by atoms with Gasteiger partial charge in [-0.1, -0.05) is 13.3 Å². The topological polar surface area (TPSA) is 51.2 Å². The van der Waals surface area contributed by atoms with Gasteiger partial charge in [0.1, 0.15) is 0 Å². The molecule has 4 heteroatoms. The lowest BCUT2D eigenvalue weighted by Crippen LogP contribution is -2.32. The predicted octanol–water partition coefficient (Wildman–Crippen LogP) is 2.93. The van der Waals surface area contributed by atoms with E-state index in [2.05, 4.69) is 22.0 Å². The van der Waals surface area contributed by atoms with Gasteiger partial charge in [0, 0.05) is 18.8 Å². The fraction of sp³-hybridized carbons (Fsp3) is 0.625. The first-order valence-corrected chi connectivity index (χ1v) is 7.49. The van der Waals surface area contributed by atoms with Gasteiger partial charge < -0.3 is 10.1 Å². The average molecular weight is 276 g/mol. The van der Waals surface area contributed by atoms with E-state index in [0.717, 1.165) is 18.2 Å². The van der Waals surface area contributed by atoms with Crippen LogP contribution in [-0.2, 0) is 11.3 Å². The maximum atomic E-state index is 11.3. The van der Waals surface area contributed by atoms with Crippen LogP contribution in [0.15, 0.2) is 18.3 Å². The second-order valence-corrected chi connectivity index (χ2v) is 5.54. The molecule has 0 radical (unpaired) electrons. The first-order chi connectivity index (χ1) is 9.72. The third kappa shape index (κ3) is 4.04. The Morgan fingerprint density at radius 1 is 1.35 bits per heavy atom. The molecule has 0 bridgehead atoms. The first-order valence-electron chi connectivity index (χ1n) is 7.49. The third-order valence-electron chi connectivity index (χ3n) is 4.24. The summed E-state index contributed by atoms with van der Waals surface area (Å²) >= 11 is 0. The molecule has 1 aliphatic carbocycles. The van der Waals surface area contributed by atoms with Gasteiger partial charge in [-0.3, -0.25) is 4.98 Å². The summed E-state index contributed by atoms with van der Waals surface area (Å²) in [5, 5.41) is 3.57. The smallest absolute Gasteiger partial charge is 0.339 e. The maximum Gasteiger partial charge on any atom is 0.339 e. The molecule has 0 spiro atoms. The SMILES string of the molecule is CCC1CCC(NCc2ccc(C(=O)OC)cn2)CC1. The molecule has 0 saturated heterocycles. The summed E-state index contributed by atoms with van der Waals surface area (Å²) in [6.45, 7) is 3.05. The van der Waals surface area contributed by atoms with Gasteiger partial charge in [0.05, 0.1) is 18.4 Å². The summed E-state index contributed by atoms with van der Waals surface area (Å²) in [6, 6.07) is 4.26. The van der Waals surface area contributed by atoms with Gasteiger partial charge in [-0.15, -0.1) is 0 Å². The highest BCUT2D eigenvalue weighted by molar-refractivity contribution is 5.88. The molecule has 1 aromatic rings. The molecule has 1 aromatic heterocycles. The van der Waals surface area contributed by atoms with E-state index in [0.29, 0.717) is 11.6 Å². The molecule has 1 saturated carbocycles. The molecule has 110 valence electrons. The fourth-order valence-corrected chi connectivity index (χ4v) is 2.79. The molecule has 0 aromatic carbocycles. The predicted molar refractivity (Wildman–Crippen MR) is 78.5 cm³/mol. The molecule has 0 unspecified atom stereocenters. The number of ether oxygens (including phenoxy) is 1. The number of hydrogen-bond donors (Lipinski definition) is 1. The van der Waals surface area contributed by atoms with E-state index < -0.39 is 0 Å². The monoisotopic (exact) mass is 276 g/mol. The summed E-state index contributed by atoms with van der Waals surface area (Å²) in [4.78, 5) is 15.6. The van der Waals surface area contributed by atoms with Crippen molar-refractivity contribution >= 4 is 5.97 Å². The van der Waals surface area contributed by atoms with Crippen molar-refractivity contribution in [3.05, 3.63) is 29.6 Å². The van der Waals surface area contributed by atoms with E-state index in [-0.39, 0.29) is 5.97 Å². The molecule has 1 heterocycles. The molecule has 1 fully saturated rings. The van der Waals surface area contributed by atoms with Crippen LogP contribution in [-0.4, -0.2) is 24.1 Å². The molecular formula is C16H24N2O2. The van der Waals surface area contributed by atoms with Crippen molar-refractivity contribution in [2.75, 3.05) is 7.11 Å². The van der Waals surface area contributed by atoms with Crippen LogP contribution >= 0.6 is 0 Å². The number of carbonyl (C=O) groups is 1. The fourth-order valence-electron chi connectivity index (χ4n) is 2.79. The number of methoxy groups -OCH3 is 1. The zero-order valence-corrected chi connectivity index (χ0v) is 12.4. The molecule has 0 aliphatic heterocycles. The summed E-state index contributed by atoms with van der Waals surface area (Å²) in [5.74, 6) is 0.584. The van der Waals surface area contributed by atoms with Crippen molar-refractivity contribution in [1.82, 2.24) is 10.3 Å². The highest BCUT2D eigenvalue weighted by Crippen LogP contribution is 2.26. The number of aromatic nitrogens is 1. The van der Waals surface area contributed by atoms with Gasteiger partial charge in [0.25, 0.3) is 0 Å². The van der Waals surface area contributed by atoms with Crippen molar-refractivity contribution in [3.63, 3.8) is 0 Å². The minimum absolute atomic E-state index is 0.338. The second-order valence-electron chi connectivity index (χ2n) is 5.54. The Morgan fingerprint density at radius 3 is 2.65 bits per heavy atom. The Kier molecular flexibility index (Phi) is 5.53. The van der Waals surface area contributed by atoms with Crippen molar-refractivity contribution in [2.24, 2.45) is 5.92 Å². The van der Waals surface area contributed by atoms with E-state index in [1.807, 2.05) is 6.07 Å². The largest absolute Gasteiger partial charge is 0.465 e. The lowest BCUT2D eigenvalue weighted by atomic mass is 9.84. The molecule has 0 atom stereocenters. The number of carbonyl (C=O) groups excluding carboxylic acids is 1.